The summed E-state index contributed by atoms with van der Waals surface area (Å²) < 4.78 is 9.81. The van der Waals surface area contributed by atoms with Crippen LogP contribution < -0.4 is 5.32 Å². The second-order valence-electron chi connectivity index (χ2n) is 5.99. The average Bonchev–Trinajstić information content (AvgIpc) is 2.30. The van der Waals surface area contributed by atoms with E-state index in [0.29, 0.717) is 12.5 Å². The SMILES string of the molecule is COC(=O)C(C)CCC(C)CNC(=O)OC(C)(C)C. The van der Waals surface area contributed by atoms with E-state index in [4.69, 9.17) is 4.74 Å². The largest absolute Gasteiger partial charge is 0.469 e. The monoisotopic (exact) mass is 273 g/mol. The highest BCUT2D eigenvalue weighted by Crippen LogP contribution is 2.13. The first-order chi connectivity index (χ1) is 8.65. The molecule has 2 unspecified atom stereocenters. The first-order valence-corrected chi connectivity index (χ1v) is 6.70. The molecule has 0 heterocycles. The Kier molecular flexibility index (Phi) is 7.49. The van der Waals surface area contributed by atoms with Crippen molar-refractivity contribution >= 4 is 12.1 Å². The summed E-state index contributed by atoms with van der Waals surface area (Å²) in [6, 6.07) is 0. The summed E-state index contributed by atoms with van der Waals surface area (Å²) in [4.78, 5) is 22.7. The van der Waals surface area contributed by atoms with Gasteiger partial charge < -0.3 is 14.8 Å². The van der Waals surface area contributed by atoms with Crippen LogP contribution in [-0.2, 0) is 14.3 Å². The van der Waals surface area contributed by atoms with E-state index in [1.54, 1.807) is 0 Å². The molecule has 0 spiro atoms. The number of carbonyl (C=O) groups is 2. The van der Waals surface area contributed by atoms with Crippen molar-refractivity contribution in [2.24, 2.45) is 11.8 Å². The van der Waals surface area contributed by atoms with E-state index in [9.17, 15) is 9.59 Å². The predicted octanol–water partition coefficient (Wildman–Crippen LogP) is 2.74. The van der Waals surface area contributed by atoms with Gasteiger partial charge in [-0.3, -0.25) is 4.79 Å². The zero-order valence-electron chi connectivity index (χ0n) is 12.9. The van der Waals surface area contributed by atoms with Gasteiger partial charge in [-0.15, -0.1) is 0 Å². The average molecular weight is 273 g/mol. The Bertz CT molecular complexity index is 296. The number of hydrogen-bond donors (Lipinski definition) is 1. The predicted molar refractivity (Wildman–Crippen MR) is 73.8 cm³/mol. The van der Waals surface area contributed by atoms with Crippen molar-refractivity contribution in [2.75, 3.05) is 13.7 Å². The van der Waals surface area contributed by atoms with Gasteiger partial charge in [0.15, 0.2) is 0 Å². The summed E-state index contributed by atoms with van der Waals surface area (Å²) in [6.45, 7) is 9.90. The molecule has 112 valence electrons. The first-order valence-electron chi connectivity index (χ1n) is 6.70. The summed E-state index contributed by atoms with van der Waals surface area (Å²) in [5.41, 5.74) is -0.479. The number of alkyl carbamates (subject to hydrolysis) is 1. The highest BCUT2D eigenvalue weighted by molar-refractivity contribution is 5.71. The van der Waals surface area contributed by atoms with E-state index in [1.807, 2.05) is 34.6 Å². The molecule has 0 fully saturated rings. The van der Waals surface area contributed by atoms with Crippen LogP contribution in [0.5, 0.6) is 0 Å². The molecule has 19 heavy (non-hydrogen) atoms. The lowest BCUT2D eigenvalue weighted by Gasteiger charge is -2.21. The molecule has 0 aliphatic rings. The van der Waals surface area contributed by atoms with Crippen LogP contribution in [0.2, 0.25) is 0 Å². The summed E-state index contributed by atoms with van der Waals surface area (Å²) in [5, 5.41) is 2.73. The molecule has 5 heteroatoms. The smallest absolute Gasteiger partial charge is 0.407 e. The number of hydrogen-bond acceptors (Lipinski definition) is 4. The zero-order chi connectivity index (χ0) is 15.1. The van der Waals surface area contributed by atoms with Gasteiger partial charge in [0, 0.05) is 6.54 Å². The molecular weight excluding hydrogens is 246 g/mol. The number of amides is 1. The third-order valence-corrected chi connectivity index (χ3v) is 2.69. The van der Waals surface area contributed by atoms with Gasteiger partial charge in [0.05, 0.1) is 13.0 Å². The second-order valence-corrected chi connectivity index (χ2v) is 5.99. The minimum Gasteiger partial charge on any atom is -0.469 e. The molecule has 0 saturated carbocycles. The first kappa shape index (κ1) is 17.7. The Morgan fingerprint density at radius 3 is 2.21 bits per heavy atom. The van der Waals surface area contributed by atoms with Crippen LogP contribution in [0, 0.1) is 11.8 Å². The van der Waals surface area contributed by atoms with Crippen LogP contribution >= 0.6 is 0 Å². The van der Waals surface area contributed by atoms with Crippen LogP contribution in [-0.4, -0.2) is 31.3 Å². The van der Waals surface area contributed by atoms with Gasteiger partial charge in [-0.2, -0.15) is 0 Å². The molecule has 2 atom stereocenters. The van der Waals surface area contributed by atoms with Gasteiger partial charge in [-0.1, -0.05) is 13.8 Å². The van der Waals surface area contributed by atoms with Crippen molar-refractivity contribution in [1.29, 1.82) is 0 Å². The molecule has 0 saturated heterocycles. The van der Waals surface area contributed by atoms with Gasteiger partial charge in [0.1, 0.15) is 5.60 Å². The van der Waals surface area contributed by atoms with Crippen LogP contribution in [0.3, 0.4) is 0 Å². The fourth-order valence-corrected chi connectivity index (χ4v) is 1.53. The maximum absolute atomic E-state index is 11.4. The second kappa shape index (κ2) is 8.02. The standard InChI is InChI=1S/C14H27NO4/c1-10(7-8-11(2)12(16)18-6)9-15-13(17)19-14(3,4)5/h10-11H,7-9H2,1-6H3,(H,15,17). The molecule has 0 aromatic rings. The Morgan fingerprint density at radius 2 is 1.74 bits per heavy atom. The number of esters is 1. The summed E-state index contributed by atoms with van der Waals surface area (Å²) in [7, 11) is 1.40. The number of carbonyl (C=O) groups excluding carboxylic acids is 2. The van der Waals surface area contributed by atoms with E-state index >= 15 is 0 Å². The summed E-state index contributed by atoms with van der Waals surface area (Å²) >= 11 is 0. The molecule has 0 rings (SSSR count). The third-order valence-electron chi connectivity index (χ3n) is 2.69. The fourth-order valence-electron chi connectivity index (χ4n) is 1.53. The molecule has 0 aliphatic carbocycles. The normalized spacial score (nSPS) is 14.4. The zero-order valence-corrected chi connectivity index (χ0v) is 12.9. The van der Waals surface area contributed by atoms with E-state index in [-0.39, 0.29) is 11.9 Å². The van der Waals surface area contributed by atoms with Gasteiger partial charge in [0.25, 0.3) is 0 Å². The van der Waals surface area contributed by atoms with Gasteiger partial charge in [0.2, 0.25) is 0 Å². The third kappa shape index (κ3) is 9.33. The molecule has 0 aromatic carbocycles. The maximum Gasteiger partial charge on any atom is 0.407 e. The molecule has 5 nitrogen and oxygen atoms in total. The molecule has 0 aromatic heterocycles. The fraction of sp³-hybridized carbons (Fsp3) is 0.857. The number of nitrogens with one attached hydrogen (secondary N) is 1. The maximum atomic E-state index is 11.4. The Balaban J connectivity index is 3.84. The topological polar surface area (TPSA) is 64.6 Å². The molecule has 0 bridgehead atoms. The lowest BCUT2D eigenvalue weighted by molar-refractivity contribution is -0.145. The highest BCUT2D eigenvalue weighted by atomic mass is 16.6. The lowest BCUT2D eigenvalue weighted by Crippen LogP contribution is -2.34. The highest BCUT2D eigenvalue weighted by Gasteiger charge is 2.17. The molecular formula is C14H27NO4. The van der Waals surface area contributed by atoms with Crippen molar-refractivity contribution in [1.82, 2.24) is 5.32 Å². The van der Waals surface area contributed by atoms with Gasteiger partial charge >= 0.3 is 12.1 Å². The Morgan fingerprint density at radius 1 is 1.16 bits per heavy atom. The number of methoxy groups -OCH3 is 1. The van der Waals surface area contributed by atoms with Crippen LogP contribution in [0.15, 0.2) is 0 Å². The van der Waals surface area contributed by atoms with Gasteiger partial charge in [-0.25, -0.2) is 4.79 Å². The van der Waals surface area contributed by atoms with Crippen molar-refractivity contribution in [3.63, 3.8) is 0 Å². The molecule has 1 N–H and O–H groups in total. The van der Waals surface area contributed by atoms with Crippen molar-refractivity contribution in [2.45, 2.75) is 53.1 Å². The van der Waals surface area contributed by atoms with Crippen molar-refractivity contribution in [3.8, 4) is 0 Å². The summed E-state index contributed by atoms with van der Waals surface area (Å²) in [6.07, 6.45) is 1.20. The Labute approximate surface area is 116 Å². The molecule has 1 amide bonds. The Hall–Kier alpha value is -1.26. The van der Waals surface area contributed by atoms with E-state index in [2.05, 4.69) is 10.1 Å². The van der Waals surface area contributed by atoms with Crippen LogP contribution in [0.4, 0.5) is 4.79 Å². The van der Waals surface area contributed by atoms with Crippen LogP contribution in [0.25, 0.3) is 0 Å². The van der Waals surface area contributed by atoms with Crippen molar-refractivity contribution < 1.29 is 19.1 Å². The number of rotatable bonds is 6. The van der Waals surface area contributed by atoms with Gasteiger partial charge in [-0.05, 0) is 39.5 Å². The van der Waals surface area contributed by atoms with E-state index in [0.717, 1.165) is 12.8 Å². The molecule has 0 radical (unpaired) electrons. The van der Waals surface area contributed by atoms with Crippen molar-refractivity contribution in [3.05, 3.63) is 0 Å². The number of ether oxygens (including phenoxy) is 2. The lowest BCUT2D eigenvalue weighted by atomic mass is 9.98. The molecule has 0 aliphatic heterocycles. The van der Waals surface area contributed by atoms with Crippen LogP contribution in [0.1, 0.15) is 47.5 Å². The summed E-state index contributed by atoms with van der Waals surface area (Å²) in [5.74, 6) is 0.000836. The van der Waals surface area contributed by atoms with E-state index in [1.165, 1.54) is 7.11 Å². The quantitative estimate of drug-likeness (QED) is 0.756. The minimum atomic E-state index is -0.479. The minimum absolute atomic E-state index is 0.103. The van der Waals surface area contributed by atoms with E-state index < -0.39 is 11.7 Å².